The Hall–Kier alpha value is -2.28. The van der Waals surface area contributed by atoms with Crippen molar-refractivity contribution in [3.05, 3.63) is 29.7 Å². The van der Waals surface area contributed by atoms with E-state index in [1.165, 1.54) is 0 Å². The van der Waals surface area contributed by atoms with Gasteiger partial charge in [-0.25, -0.2) is 13.4 Å². The van der Waals surface area contributed by atoms with Crippen LogP contribution in [0.3, 0.4) is 0 Å². The molecule has 0 aromatic carbocycles. The molecule has 1 aliphatic heterocycles. The highest BCUT2D eigenvalue weighted by Crippen LogP contribution is 2.48. The highest BCUT2D eigenvalue weighted by Gasteiger charge is 2.46. The third-order valence-electron chi connectivity index (χ3n) is 5.18. The van der Waals surface area contributed by atoms with Gasteiger partial charge in [-0.1, -0.05) is 6.92 Å². The number of nitrogens with zero attached hydrogens (tertiary/aromatic N) is 4. The number of rotatable bonds is 5. The van der Waals surface area contributed by atoms with Crippen molar-refractivity contribution in [2.45, 2.75) is 36.4 Å². The second-order valence-corrected chi connectivity index (χ2v) is 9.05. The first-order chi connectivity index (χ1) is 12.9. The van der Waals surface area contributed by atoms with Gasteiger partial charge in [0.2, 0.25) is 6.29 Å². The summed E-state index contributed by atoms with van der Waals surface area (Å²) in [6.45, 7) is 2.60. The maximum atomic E-state index is 12.7. The Morgan fingerprint density at radius 1 is 1.30 bits per heavy atom. The van der Waals surface area contributed by atoms with E-state index in [-0.39, 0.29) is 16.3 Å². The molecule has 0 amide bonds. The Labute approximate surface area is 157 Å². The molecule has 1 aliphatic carbocycles. The first-order valence-corrected chi connectivity index (χ1v) is 10.5. The van der Waals surface area contributed by atoms with E-state index in [2.05, 4.69) is 16.0 Å². The molecule has 2 aliphatic rings. The van der Waals surface area contributed by atoms with Crippen molar-refractivity contribution >= 4 is 9.84 Å². The number of sulfone groups is 1. The highest BCUT2D eigenvalue weighted by molar-refractivity contribution is 7.91. The standard InChI is InChI=1S/C18H20N4O4S/c1-3-27(23,24)14-8-12(18(11-19)4-5-18)9-20-15(14)16-21-10-13(22(16)2)17-25-6-7-26-17/h8-10,17H,3-7H2,1-2H3. The summed E-state index contributed by atoms with van der Waals surface area (Å²) >= 11 is 0. The number of imidazole rings is 1. The molecule has 0 atom stereocenters. The summed E-state index contributed by atoms with van der Waals surface area (Å²) in [6, 6.07) is 3.88. The molecule has 0 N–H and O–H groups in total. The maximum absolute atomic E-state index is 12.7. The van der Waals surface area contributed by atoms with Crippen LogP contribution in [0.2, 0.25) is 0 Å². The Kier molecular flexibility index (Phi) is 4.29. The second-order valence-electron chi connectivity index (χ2n) is 6.81. The normalized spacial score (nSPS) is 19.1. The molecule has 8 nitrogen and oxygen atoms in total. The molecule has 2 aromatic heterocycles. The van der Waals surface area contributed by atoms with Crippen LogP contribution in [0.4, 0.5) is 0 Å². The molecule has 4 rings (SSSR count). The average Bonchev–Trinajstić information content (AvgIpc) is 3.10. The lowest BCUT2D eigenvalue weighted by Gasteiger charge is -2.14. The summed E-state index contributed by atoms with van der Waals surface area (Å²) in [5.74, 6) is 0.362. The van der Waals surface area contributed by atoms with Crippen molar-refractivity contribution < 1.29 is 17.9 Å². The minimum absolute atomic E-state index is 0.0587. The minimum atomic E-state index is -3.55. The minimum Gasteiger partial charge on any atom is -0.345 e. The van der Waals surface area contributed by atoms with Crippen molar-refractivity contribution in [3.63, 3.8) is 0 Å². The van der Waals surface area contributed by atoms with Gasteiger partial charge in [-0.3, -0.25) is 4.98 Å². The summed E-state index contributed by atoms with van der Waals surface area (Å²) in [5.41, 5.74) is 1.02. The van der Waals surface area contributed by atoms with Crippen LogP contribution >= 0.6 is 0 Å². The number of nitriles is 1. The fraction of sp³-hybridized carbons (Fsp3) is 0.500. The number of ether oxygens (including phenoxy) is 2. The van der Waals surface area contributed by atoms with Crippen LogP contribution in [0.25, 0.3) is 11.5 Å². The van der Waals surface area contributed by atoms with Crippen LogP contribution in [0.1, 0.15) is 37.3 Å². The zero-order chi connectivity index (χ0) is 19.2. The summed E-state index contributed by atoms with van der Waals surface area (Å²) in [6.07, 6.45) is 4.13. The van der Waals surface area contributed by atoms with E-state index in [0.29, 0.717) is 30.3 Å². The van der Waals surface area contributed by atoms with Gasteiger partial charge < -0.3 is 14.0 Å². The molecular weight excluding hydrogens is 368 g/mol. The fourth-order valence-corrected chi connectivity index (χ4v) is 4.30. The van der Waals surface area contributed by atoms with Gasteiger partial charge in [0.05, 0.1) is 47.2 Å². The Morgan fingerprint density at radius 2 is 2.00 bits per heavy atom. The molecule has 3 heterocycles. The van der Waals surface area contributed by atoms with E-state index in [9.17, 15) is 13.7 Å². The highest BCUT2D eigenvalue weighted by atomic mass is 32.2. The number of pyridine rings is 1. The van der Waals surface area contributed by atoms with E-state index >= 15 is 0 Å². The maximum Gasteiger partial charge on any atom is 0.200 e. The lowest BCUT2D eigenvalue weighted by atomic mass is 9.99. The van der Waals surface area contributed by atoms with Crippen molar-refractivity contribution in [2.75, 3.05) is 19.0 Å². The molecule has 27 heavy (non-hydrogen) atoms. The molecule has 2 fully saturated rings. The van der Waals surface area contributed by atoms with Gasteiger partial charge in [0.15, 0.2) is 15.7 Å². The molecule has 142 valence electrons. The first kappa shape index (κ1) is 18.1. The van der Waals surface area contributed by atoms with E-state index in [4.69, 9.17) is 9.47 Å². The van der Waals surface area contributed by atoms with Gasteiger partial charge in [-0.05, 0) is 24.5 Å². The van der Waals surface area contributed by atoms with Crippen LogP contribution in [-0.4, -0.2) is 41.9 Å². The lowest BCUT2D eigenvalue weighted by Crippen LogP contribution is -2.13. The SMILES string of the molecule is CCS(=O)(=O)c1cc(C2(C#N)CC2)cnc1-c1ncc(C2OCCO2)n1C. The molecule has 0 radical (unpaired) electrons. The average molecular weight is 388 g/mol. The summed E-state index contributed by atoms with van der Waals surface area (Å²) in [5, 5.41) is 9.44. The molecule has 0 bridgehead atoms. The topological polar surface area (TPSA) is 107 Å². The van der Waals surface area contributed by atoms with Crippen molar-refractivity contribution in [1.29, 1.82) is 5.26 Å². The van der Waals surface area contributed by atoms with E-state index in [1.807, 2.05) is 0 Å². The van der Waals surface area contributed by atoms with Crippen LogP contribution in [0.15, 0.2) is 23.4 Å². The molecule has 0 spiro atoms. The molecular formula is C18H20N4O4S. The Bertz CT molecular complexity index is 1030. The monoisotopic (exact) mass is 388 g/mol. The second kappa shape index (κ2) is 6.41. The molecule has 2 aromatic rings. The fourth-order valence-electron chi connectivity index (χ4n) is 3.25. The molecule has 1 saturated carbocycles. The predicted octanol–water partition coefficient (Wildman–Crippen LogP) is 1.88. The predicted molar refractivity (Wildman–Crippen MR) is 95.3 cm³/mol. The van der Waals surface area contributed by atoms with E-state index in [0.717, 1.165) is 12.8 Å². The van der Waals surface area contributed by atoms with Gasteiger partial charge in [-0.2, -0.15) is 5.26 Å². The first-order valence-electron chi connectivity index (χ1n) is 8.81. The van der Waals surface area contributed by atoms with Crippen molar-refractivity contribution in [2.24, 2.45) is 7.05 Å². The zero-order valence-electron chi connectivity index (χ0n) is 15.2. The van der Waals surface area contributed by atoms with Gasteiger partial charge in [0.25, 0.3) is 0 Å². The Morgan fingerprint density at radius 3 is 2.59 bits per heavy atom. The summed E-state index contributed by atoms with van der Waals surface area (Å²) in [7, 11) is -1.78. The quantitative estimate of drug-likeness (QED) is 0.769. The van der Waals surface area contributed by atoms with E-state index in [1.54, 1.807) is 37.0 Å². The Balaban J connectivity index is 1.85. The third-order valence-corrected chi connectivity index (χ3v) is 6.93. The van der Waals surface area contributed by atoms with Crippen LogP contribution in [0, 0.1) is 11.3 Å². The van der Waals surface area contributed by atoms with Gasteiger partial charge >= 0.3 is 0 Å². The van der Waals surface area contributed by atoms with Gasteiger partial charge in [0, 0.05) is 13.2 Å². The van der Waals surface area contributed by atoms with Crippen LogP contribution < -0.4 is 0 Å². The summed E-state index contributed by atoms with van der Waals surface area (Å²) < 4.78 is 38.3. The molecule has 1 saturated heterocycles. The zero-order valence-corrected chi connectivity index (χ0v) is 16.0. The van der Waals surface area contributed by atoms with Crippen LogP contribution in [0.5, 0.6) is 0 Å². The van der Waals surface area contributed by atoms with Crippen LogP contribution in [-0.2, 0) is 31.8 Å². The molecule has 0 unspecified atom stereocenters. The van der Waals surface area contributed by atoms with Gasteiger partial charge in [0.1, 0.15) is 5.69 Å². The molecule has 9 heteroatoms. The third kappa shape index (κ3) is 2.94. The lowest BCUT2D eigenvalue weighted by molar-refractivity contribution is -0.0491. The smallest absolute Gasteiger partial charge is 0.200 e. The van der Waals surface area contributed by atoms with Crippen molar-refractivity contribution in [3.8, 4) is 17.6 Å². The number of aromatic nitrogens is 3. The van der Waals surface area contributed by atoms with Gasteiger partial charge in [-0.15, -0.1) is 0 Å². The van der Waals surface area contributed by atoms with E-state index < -0.39 is 21.5 Å². The van der Waals surface area contributed by atoms with Crippen molar-refractivity contribution in [1.82, 2.24) is 14.5 Å². The summed E-state index contributed by atoms with van der Waals surface area (Å²) in [4.78, 5) is 8.91. The number of hydrogen-bond acceptors (Lipinski definition) is 7. The number of hydrogen-bond donors (Lipinski definition) is 0. The largest absolute Gasteiger partial charge is 0.345 e.